The number of urea groups is 1. The number of hydrogen-bond donors (Lipinski definition) is 2. The molecule has 0 aromatic rings. The van der Waals surface area contributed by atoms with Crippen LogP contribution in [0.2, 0.25) is 0 Å². The van der Waals surface area contributed by atoms with Crippen LogP contribution in [0.4, 0.5) is 4.79 Å². The molecule has 1 aliphatic rings. The lowest BCUT2D eigenvalue weighted by Crippen LogP contribution is -2.46. The molecule has 0 saturated carbocycles. The van der Waals surface area contributed by atoms with E-state index in [1.165, 1.54) is 6.92 Å². The molecule has 1 heterocycles. The van der Waals surface area contributed by atoms with Crippen molar-refractivity contribution < 1.29 is 18.0 Å². The molecule has 1 saturated heterocycles. The average molecular weight is 269 g/mol. The maximum absolute atomic E-state index is 11.2. The Morgan fingerprint density at radius 3 is 2.50 bits per heavy atom. The number of carbonyl (C=O) groups excluding carboxylic acids is 2. The van der Waals surface area contributed by atoms with Crippen LogP contribution in [-0.2, 0) is 14.6 Å². The first kappa shape index (κ1) is 13.2. The zero-order valence-corrected chi connectivity index (χ0v) is 10.3. The minimum Gasteiger partial charge on any atom is -0.334 e. The monoisotopic (exact) mass is 268 g/mol. The first-order chi connectivity index (χ1) is 7.30. The predicted molar refractivity (Wildman–Crippen MR) is 59.0 cm³/mol. The molecule has 0 radical (unpaired) electrons. The SMILES string of the molecule is C[C@H](Cl)C(=O)NC(=O)N[C@@H]1CCS(=O)(=O)C1. The smallest absolute Gasteiger partial charge is 0.321 e. The summed E-state index contributed by atoms with van der Waals surface area (Å²) in [7, 11) is -3.04. The molecule has 3 amide bonds. The lowest BCUT2D eigenvalue weighted by Gasteiger charge is -2.11. The van der Waals surface area contributed by atoms with Gasteiger partial charge in [-0.15, -0.1) is 11.6 Å². The average Bonchev–Trinajstić information content (AvgIpc) is 2.44. The molecular formula is C8H13ClN2O4S. The lowest BCUT2D eigenvalue weighted by molar-refractivity contribution is -0.119. The van der Waals surface area contributed by atoms with E-state index in [0.29, 0.717) is 6.42 Å². The fourth-order valence-electron chi connectivity index (χ4n) is 1.34. The topological polar surface area (TPSA) is 92.3 Å². The van der Waals surface area contributed by atoms with Gasteiger partial charge in [0.05, 0.1) is 11.5 Å². The predicted octanol–water partition coefficient (Wildman–Crippen LogP) is -0.373. The summed E-state index contributed by atoms with van der Waals surface area (Å²) in [6.07, 6.45) is 0.375. The molecule has 1 fully saturated rings. The highest BCUT2D eigenvalue weighted by Gasteiger charge is 2.29. The highest BCUT2D eigenvalue weighted by molar-refractivity contribution is 7.91. The van der Waals surface area contributed by atoms with Crippen molar-refractivity contribution >= 4 is 33.4 Å². The minimum atomic E-state index is -3.04. The third-order valence-corrected chi connectivity index (χ3v) is 4.13. The first-order valence-electron chi connectivity index (χ1n) is 4.76. The molecule has 0 aromatic heterocycles. The molecule has 0 aromatic carbocycles. The van der Waals surface area contributed by atoms with E-state index in [2.05, 4.69) is 5.32 Å². The second-order valence-corrected chi connectivity index (χ2v) is 6.56. The number of rotatable bonds is 2. The van der Waals surface area contributed by atoms with Gasteiger partial charge in [-0.1, -0.05) is 0 Å². The number of hydrogen-bond acceptors (Lipinski definition) is 4. The number of carbonyl (C=O) groups is 2. The fourth-order valence-corrected chi connectivity index (χ4v) is 3.07. The molecule has 16 heavy (non-hydrogen) atoms. The van der Waals surface area contributed by atoms with Crippen LogP contribution in [0, 0.1) is 0 Å². The van der Waals surface area contributed by atoms with Crippen LogP contribution in [0.5, 0.6) is 0 Å². The Balaban J connectivity index is 2.39. The summed E-state index contributed by atoms with van der Waals surface area (Å²) in [6.45, 7) is 1.43. The summed E-state index contributed by atoms with van der Waals surface area (Å²) in [5.74, 6) is -0.622. The number of amides is 3. The zero-order chi connectivity index (χ0) is 12.3. The Morgan fingerprint density at radius 2 is 2.06 bits per heavy atom. The third-order valence-electron chi connectivity index (χ3n) is 2.17. The van der Waals surface area contributed by atoms with Crippen LogP contribution in [0.25, 0.3) is 0 Å². The van der Waals surface area contributed by atoms with Gasteiger partial charge < -0.3 is 5.32 Å². The summed E-state index contributed by atoms with van der Waals surface area (Å²) in [5.41, 5.74) is 0. The molecule has 1 aliphatic heterocycles. The van der Waals surface area contributed by atoms with Crippen LogP contribution in [0.1, 0.15) is 13.3 Å². The molecule has 0 spiro atoms. The Labute approximate surface area is 98.6 Å². The fraction of sp³-hybridized carbons (Fsp3) is 0.750. The van der Waals surface area contributed by atoms with E-state index in [9.17, 15) is 18.0 Å². The summed E-state index contributed by atoms with van der Waals surface area (Å²) >= 11 is 5.45. The van der Waals surface area contributed by atoms with Crippen LogP contribution in [0.15, 0.2) is 0 Å². The highest BCUT2D eigenvalue weighted by atomic mass is 35.5. The van der Waals surface area contributed by atoms with E-state index in [1.807, 2.05) is 5.32 Å². The van der Waals surface area contributed by atoms with Crippen molar-refractivity contribution in [2.45, 2.75) is 24.8 Å². The lowest BCUT2D eigenvalue weighted by atomic mass is 10.3. The molecule has 0 bridgehead atoms. The molecule has 6 nitrogen and oxygen atoms in total. The quantitative estimate of drug-likeness (QED) is 0.668. The van der Waals surface area contributed by atoms with Gasteiger partial charge >= 0.3 is 6.03 Å². The Morgan fingerprint density at radius 1 is 1.44 bits per heavy atom. The van der Waals surface area contributed by atoms with Crippen molar-refractivity contribution in [3.05, 3.63) is 0 Å². The van der Waals surface area contributed by atoms with Gasteiger partial charge in [-0.25, -0.2) is 13.2 Å². The molecule has 0 unspecified atom stereocenters. The summed E-state index contributed by atoms with van der Waals surface area (Å²) < 4.78 is 22.2. The molecule has 2 atom stereocenters. The van der Waals surface area contributed by atoms with Crippen LogP contribution < -0.4 is 10.6 Å². The van der Waals surface area contributed by atoms with Crippen molar-refractivity contribution in [2.24, 2.45) is 0 Å². The maximum Gasteiger partial charge on any atom is 0.321 e. The Hall–Kier alpha value is -0.820. The summed E-state index contributed by atoms with van der Waals surface area (Å²) in [6, 6.07) is -1.14. The Bertz CT molecular complexity index is 393. The number of sulfone groups is 1. The van der Waals surface area contributed by atoms with Gasteiger partial charge in [-0.05, 0) is 13.3 Å². The second-order valence-electron chi connectivity index (χ2n) is 3.68. The van der Waals surface area contributed by atoms with Crippen molar-refractivity contribution in [3.63, 3.8) is 0 Å². The van der Waals surface area contributed by atoms with Gasteiger partial charge in [0.2, 0.25) is 5.91 Å². The molecule has 0 aliphatic carbocycles. The van der Waals surface area contributed by atoms with Gasteiger partial charge in [0.25, 0.3) is 0 Å². The van der Waals surface area contributed by atoms with E-state index >= 15 is 0 Å². The summed E-state index contributed by atoms with van der Waals surface area (Å²) in [5, 5.41) is 3.62. The highest BCUT2D eigenvalue weighted by Crippen LogP contribution is 2.10. The van der Waals surface area contributed by atoms with E-state index in [0.717, 1.165) is 0 Å². The maximum atomic E-state index is 11.2. The minimum absolute atomic E-state index is 0.0673. The van der Waals surface area contributed by atoms with Gasteiger partial charge in [-0.3, -0.25) is 10.1 Å². The molecule has 1 rings (SSSR count). The van der Waals surface area contributed by atoms with Gasteiger partial charge in [-0.2, -0.15) is 0 Å². The zero-order valence-electron chi connectivity index (χ0n) is 8.70. The van der Waals surface area contributed by atoms with E-state index in [4.69, 9.17) is 11.6 Å². The normalized spacial score (nSPS) is 24.8. The number of halogens is 1. The Kier molecular flexibility index (Phi) is 4.15. The number of alkyl halides is 1. The molecular weight excluding hydrogens is 256 g/mol. The van der Waals surface area contributed by atoms with Crippen LogP contribution >= 0.6 is 11.6 Å². The second kappa shape index (κ2) is 5.01. The first-order valence-corrected chi connectivity index (χ1v) is 7.02. The molecule has 8 heteroatoms. The summed E-state index contributed by atoms with van der Waals surface area (Å²) in [4.78, 5) is 22.3. The number of nitrogens with one attached hydrogen (secondary N) is 2. The van der Waals surface area contributed by atoms with Crippen molar-refractivity contribution in [3.8, 4) is 0 Å². The van der Waals surface area contributed by atoms with Gasteiger partial charge in [0, 0.05) is 6.04 Å². The van der Waals surface area contributed by atoms with Crippen molar-refractivity contribution in [1.29, 1.82) is 0 Å². The van der Waals surface area contributed by atoms with E-state index in [-0.39, 0.29) is 11.5 Å². The van der Waals surface area contributed by atoms with Crippen LogP contribution in [-0.4, -0.2) is 43.3 Å². The standard InChI is InChI=1S/C8H13ClN2O4S/c1-5(9)7(12)11-8(13)10-6-2-3-16(14,15)4-6/h5-6H,2-4H2,1H3,(H2,10,11,12,13)/t5-,6+/m0/s1. The van der Waals surface area contributed by atoms with E-state index in [1.54, 1.807) is 0 Å². The molecule has 2 N–H and O–H groups in total. The third kappa shape index (κ3) is 3.97. The van der Waals surface area contributed by atoms with Crippen LogP contribution in [0.3, 0.4) is 0 Å². The van der Waals surface area contributed by atoms with Crippen molar-refractivity contribution in [2.75, 3.05) is 11.5 Å². The number of imide groups is 1. The largest absolute Gasteiger partial charge is 0.334 e. The van der Waals surface area contributed by atoms with Gasteiger partial charge in [0.1, 0.15) is 5.38 Å². The van der Waals surface area contributed by atoms with Gasteiger partial charge in [0.15, 0.2) is 9.84 Å². The molecule has 92 valence electrons. The van der Waals surface area contributed by atoms with Crippen molar-refractivity contribution in [1.82, 2.24) is 10.6 Å². The van der Waals surface area contributed by atoms with E-state index < -0.39 is 33.2 Å².